The van der Waals surface area contributed by atoms with Gasteiger partial charge in [0, 0.05) is 36.0 Å². The molecule has 0 amide bonds. The zero-order valence-electron chi connectivity index (χ0n) is 19.7. The molecule has 2 aromatic rings. The second kappa shape index (κ2) is 12.4. The van der Waals surface area contributed by atoms with E-state index < -0.39 is 0 Å². The summed E-state index contributed by atoms with van der Waals surface area (Å²) in [5, 5.41) is 8.00. The fourth-order valence-corrected chi connectivity index (χ4v) is 4.94. The van der Waals surface area contributed by atoms with Crippen LogP contribution < -0.4 is 10.6 Å². The van der Waals surface area contributed by atoms with E-state index in [9.17, 15) is 4.39 Å². The Bertz CT molecular complexity index is 1030. The van der Waals surface area contributed by atoms with Crippen molar-refractivity contribution in [3.05, 3.63) is 67.9 Å². The predicted molar refractivity (Wildman–Crippen MR) is 139 cm³/mol. The summed E-state index contributed by atoms with van der Waals surface area (Å²) in [4.78, 5) is 8.75. The molecule has 0 aromatic heterocycles. The fourth-order valence-electron chi connectivity index (χ4n) is 4.32. The highest BCUT2D eigenvalue weighted by Gasteiger charge is 2.16. The van der Waals surface area contributed by atoms with Crippen LogP contribution in [-0.4, -0.2) is 37.9 Å². The van der Waals surface area contributed by atoms with Crippen LogP contribution in [0.4, 0.5) is 4.39 Å². The fraction of sp³-hybridized carbons (Fsp3) is 0.462. The van der Waals surface area contributed by atoms with E-state index in [1.54, 1.807) is 6.07 Å². The van der Waals surface area contributed by atoms with Crippen molar-refractivity contribution >= 4 is 34.9 Å². The van der Waals surface area contributed by atoms with Crippen LogP contribution in [-0.2, 0) is 32.1 Å². The summed E-state index contributed by atoms with van der Waals surface area (Å²) in [7, 11) is 0. The van der Waals surface area contributed by atoms with Gasteiger partial charge >= 0.3 is 0 Å². The van der Waals surface area contributed by atoms with Gasteiger partial charge in [-0.2, -0.15) is 0 Å². The zero-order valence-corrected chi connectivity index (χ0v) is 21.2. The third-order valence-electron chi connectivity index (χ3n) is 6.05. The Hall–Kier alpha value is -2.11. The van der Waals surface area contributed by atoms with Gasteiger partial charge in [-0.1, -0.05) is 50.0 Å². The van der Waals surface area contributed by atoms with Crippen molar-refractivity contribution in [2.75, 3.05) is 26.2 Å². The Morgan fingerprint density at radius 1 is 0.727 bits per heavy atom. The van der Waals surface area contributed by atoms with E-state index >= 15 is 0 Å². The Balaban J connectivity index is 0.000000186. The summed E-state index contributed by atoms with van der Waals surface area (Å²) in [6.45, 7) is 9.83. The molecule has 7 heteroatoms. The van der Waals surface area contributed by atoms with Gasteiger partial charge in [-0.25, -0.2) is 4.39 Å². The lowest BCUT2D eigenvalue weighted by molar-refractivity contribution is 0.612. The lowest BCUT2D eigenvalue weighted by atomic mass is 9.94. The second-order valence-electron chi connectivity index (χ2n) is 8.07. The first-order valence-electron chi connectivity index (χ1n) is 11.8. The van der Waals surface area contributed by atoms with Gasteiger partial charge in [0.2, 0.25) is 0 Å². The largest absolute Gasteiger partial charge is 0.372 e. The standard InChI is InChI=1S/C14H19ClN2.C12H14ClFN2/c1-3-10-5-6-13(15)11(4-2)12(10)9-14-16-7-8-17-14;1-2-8-9(7-12-15-5-6-16-12)11(14)4-3-10(8)13/h5-6H,3-4,7-9H2,1-2H3,(H,16,17);3-4H,2,5-7H2,1H3,(H,15,16). The number of benzene rings is 2. The lowest BCUT2D eigenvalue weighted by Crippen LogP contribution is -2.22. The number of aliphatic imine (C=N–C) groups is 2. The summed E-state index contributed by atoms with van der Waals surface area (Å²) in [6, 6.07) is 7.20. The zero-order chi connectivity index (χ0) is 23.8. The van der Waals surface area contributed by atoms with Gasteiger partial charge in [0.05, 0.1) is 13.1 Å². The molecule has 0 radical (unpaired) electrons. The molecule has 0 fully saturated rings. The van der Waals surface area contributed by atoms with Crippen molar-refractivity contribution < 1.29 is 4.39 Å². The highest BCUT2D eigenvalue weighted by atomic mass is 35.5. The predicted octanol–water partition coefficient (Wildman–Crippen LogP) is 5.59. The number of hydrogen-bond acceptors (Lipinski definition) is 4. The highest BCUT2D eigenvalue weighted by Crippen LogP contribution is 2.26. The topological polar surface area (TPSA) is 48.8 Å². The van der Waals surface area contributed by atoms with Gasteiger partial charge in [0.15, 0.2) is 0 Å². The molecule has 2 aliphatic heterocycles. The number of rotatable bonds is 7. The molecule has 0 atom stereocenters. The maximum absolute atomic E-state index is 13.7. The minimum absolute atomic E-state index is 0.197. The van der Waals surface area contributed by atoms with Crippen molar-refractivity contribution in [3.63, 3.8) is 0 Å². The number of nitrogens with one attached hydrogen (secondary N) is 2. The Labute approximate surface area is 206 Å². The van der Waals surface area contributed by atoms with Crippen molar-refractivity contribution in [2.24, 2.45) is 9.98 Å². The molecule has 0 aliphatic carbocycles. The maximum atomic E-state index is 13.7. The SMILES string of the molecule is CCc1c(Cl)ccc(F)c1CC1=NCCN1.CCc1ccc(Cl)c(CC)c1CC1=NCCN1. The van der Waals surface area contributed by atoms with Crippen molar-refractivity contribution in [1.82, 2.24) is 10.6 Å². The molecule has 0 unspecified atom stereocenters. The van der Waals surface area contributed by atoms with E-state index in [2.05, 4.69) is 40.5 Å². The van der Waals surface area contributed by atoms with E-state index in [-0.39, 0.29) is 5.82 Å². The Kier molecular flexibility index (Phi) is 9.57. The van der Waals surface area contributed by atoms with Gasteiger partial charge in [0.1, 0.15) is 17.5 Å². The number of halogens is 3. The van der Waals surface area contributed by atoms with E-state index in [4.69, 9.17) is 23.2 Å². The molecule has 33 heavy (non-hydrogen) atoms. The summed E-state index contributed by atoms with van der Waals surface area (Å²) < 4.78 is 13.7. The second-order valence-corrected chi connectivity index (χ2v) is 8.89. The summed E-state index contributed by atoms with van der Waals surface area (Å²) in [6.07, 6.45) is 4.17. The Morgan fingerprint density at radius 3 is 1.73 bits per heavy atom. The molecular weight excluding hydrogens is 458 g/mol. The van der Waals surface area contributed by atoms with Crippen molar-refractivity contribution in [1.29, 1.82) is 0 Å². The van der Waals surface area contributed by atoms with Gasteiger partial charge in [0.25, 0.3) is 0 Å². The molecule has 0 saturated heterocycles. The summed E-state index contributed by atoms with van der Waals surface area (Å²) in [5.41, 5.74) is 5.60. The molecule has 2 heterocycles. The minimum atomic E-state index is -0.197. The smallest absolute Gasteiger partial charge is 0.127 e. The lowest BCUT2D eigenvalue weighted by Gasteiger charge is -2.15. The van der Waals surface area contributed by atoms with Gasteiger partial charge in [-0.3, -0.25) is 9.98 Å². The molecule has 178 valence electrons. The van der Waals surface area contributed by atoms with Crippen LogP contribution in [0.25, 0.3) is 0 Å². The average Bonchev–Trinajstić information content (AvgIpc) is 3.52. The van der Waals surface area contributed by atoms with Crippen molar-refractivity contribution in [3.8, 4) is 0 Å². The maximum Gasteiger partial charge on any atom is 0.127 e. The molecule has 2 N–H and O–H groups in total. The average molecular weight is 491 g/mol. The number of aryl methyl sites for hydroxylation is 1. The van der Waals surface area contributed by atoms with E-state index in [0.29, 0.717) is 17.0 Å². The van der Waals surface area contributed by atoms with Crippen LogP contribution in [0.1, 0.15) is 48.6 Å². The van der Waals surface area contributed by atoms with Crippen LogP contribution in [0.5, 0.6) is 0 Å². The van der Waals surface area contributed by atoms with Crippen LogP contribution >= 0.6 is 23.2 Å². The number of amidine groups is 2. The molecular formula is C26H33Cl2FN4. The van der Waals surface area contributed by atoms with Crippen molar-refractivity contribution in [2.45, 2.75) is 52.9 Å². The molecule has 2 aromatic carbocycles. The Morgan fingerprint density at radius 2 is 1.24 bits per heavy atom. The van der Waals surface area contributed by atoms with Crippen LogP contribution in [0, 0.1) is 5.82 Å². The van der Waals surface area contributed by atoms with Crippen LogP contribution in [0.15, 0.2) is 34.3 Å². The van der Waals surface area contributed by atoms with Gasteiger partial charge in [-0.15, -0.1) is 0 Å². The van der Waals surface area contributed by atoms with E-state index in [1.165, 1.54) is 22.8 Å². The van der Waals surface area contributed by atoms with E-state index in [1.807, 2.05) is 13.0 Å². The van der Waals surface area contributed by atoms with Gasteiger partial charge < -0.3 is 10.6 Å². The van der Waals surface area contributed by atoms with Crippen LogP contribution in [0.2, 0.25) is 10.0 Å². The monoisotopic (exact) mass is 490 g/mol. The minimum Gasteiger partial charge on any atom is -0.372 e. The summed E-state index contributed by atoms with van der Waals surface area (Å²) >= 11 is 12.3. The first-order valence-corrected chi connectivity index (χ1v) is 12.5. The quantitative estimate of drug-likeness (QED) is 0.530. The molecule has 0 bridgehead atoms. The highest BCUT2D eigenvalue weighted by molar-refractivity contribution is 6.31. The molecule has 4 nitrogen and oxygen atoms in total. The first-order chi connectivity index (χ1) is 16.0. The molecule has 2 aliphatic rings. The normalized spacial score (nSPS) is 14.7. The van der Waals surface area contributed by atoms with Crippen LogP contribution in [0.3, 0.4) is 0 Å². The molecule has 0 spiro atoms. The van der Waals surface area contributed by atoms with Gasteiger partial charge in [-0.05, 0) is 65.3 Å². The molecule has 0 saturated carbocycles. The molecule has 4 rings (SSSR count). The number of nitrogens with zero attached hydrogens (tertiary/aromatic N) is 2. The number of hydrogen-bond donors (Lipinski definition) is 2. The third-order valence-corrected chi connectivity index (χ3v) is 6.76. The third kappa shape index (κ3) is 6.48. The van der Waals surface area contributed by atoms with E-state index in [0.717, 1.165) is 74.1 Å². The first kappa shape index (κ1) is 25.5. The summed E-state index contributed by atoms with van der Waals surface area (Å²) in [5.74, 6) is 1.77.